The summed E-state index contributed by atoms with van der Waals surface area (Å²) < 4.78 is 0. The van der Waals surface area contributed by atoms with Gasteiger partial charge in [-0.05, 0) is 33.4 Å². The van der Waals surface area contributed by atoms with E-state index in [1.807, 2.05) is 19.0 Å². The van der Waals surface area contributed by atoms with Crippen LogP contribution in [-0.4, -0.2) is 60.1 Å². The van der Waals surface area contributed by atoms with Crippen LogP contribution in [0.25, 0.3) is 0 Å². The molecule has 0 spiro atoms. The Morgan fingerprint density at radius 3 is 2.28 bits per heavy atom. The molecule has 106 valence electrons. The smallest absolute Gasteiger partial charge is 0.225 e. The minimum atomic E-state index is -0.721. The summed E-state index contributed by atoms with van der Waals surface area (Å²) in [4.78, 5) is 16.2. The zero-order chi connectivity index (χ0) is 13.6. The molecule has 0 aliphatic heterocycles. The summed E-state index contributed by atoms with van der Waals surface area (Å²) in [5, 5.41) is 10.3. The molecule has 1 saturated carbocycles. The van der Waals surface area contributed by atoms with Gasteiger partial charge in [0.25, 0.3) is 0 Å². The van der Waals surface area contributed by atoms with Crippen LogP contribution in [0.4, 0.5) is 0 Å². The molecule has 1 fully saturated rings. The van der Waals surface area contributed by atoms with Crippen LogP contribution in [0.15, 0.2) is 0 Å². The third-order valence-electron chi connectivity index (χ3n) is 3.68. The summed E-state index contributed by atoms with van der Waals surface area (Å²) in [6.45, 7) is 4.52. The third kappa shape index (κ3) is 4.94. The van der Waals surface area contributed by atoms with Gasteiger partial charge in [0.05, 0.1) is 12.0 Å². The molecular weight excluding hydrogens is 228 g/mol. The summed E-state index contributed by atoms with van der Waals surface area (Å²) in [6.07, 6.45) is 4.95. The number of nitrogens with zero attached hydrogens (tertiary/aromatic N) is 2. The standard InChI is InChI=1S/C14H28N2O2/c1-4-9-16(11-10-15(2)3)13(17)12-14(18)7-5-6-8-14/h18H,4-12H2,1-3H3. The summed E-state index contributed by atoms with van der Waals surface area (Å²) in [5.74, 6) is 0.114. The maximum atomic E-state index is 12.3. The summed E-state index contributed by atoms with van der Waals surface area (Å²) >= 11 is 0. The largest absolute Gasteiger partial charge is 0.389 e. The van der Waals surface area contributed by atoms with Gasteiger partial charge in [0, 0.05) is 19.6 Å². The van der Waals surface area contributed by atoms with Gasteiger partial charge >= 0.3 is 0 Å². The predicted octanol–water partition coefficient (Wildman–Crippen LogP) is 1.48. The normalized spacial score (nSPS) is 18.3. The van der Waals surface area contributed by atoms with E-state index < -0.39 is 5.60 Å². The van der Waals surface area contributed by atoms with Crippen molar-refractivity contribution in [3.8, 4) is 0 Å². The Morgan fingerprint density at radius 2 is 1.78 bits per heavy atom. The molecule has 1 rings (SSSR count). The van der Waals surface area contributed by atoms with Gasteiger partial charge in [-0.2, -0.15) is 0 Å². The Balaban J connectivity index is 2.47. The van der Waals surface area contributed by atoms with E-state index in [1.54, 1.807) is 0 Å². The molecule has 18 heavy (non-hydrogen) atoms. The van der Waals surface area contributed by atoms with Gasteiger partial charge in [0.1, 0.15) is 0 Å². The predicted molar refractivity (Wildman–Crippen MR) is 73.5 cm³/mol. The first-order valence-corrected chi connectivity index (χ1v) is 7.12. The first-order valence-electron chi connectivity index (χ1n) is 7.12. The average Bonchev–Trinajstić information content (AvgIpc) is 2.70. The van der Waals surface area contributed by atoms with Crippen molar-refractivity contribution >= 4 is 5.91 Å². The molecule has 0 aromatic rings. The van der Waals surface area contributed by atoms with Crippen LogP contribution in [-0.2, 0) is 4.79 Å². The van der Waals surface area contributed by atoms with Crippen molar-refractivity contribution in [3.05, 3.63) is 0 Å². The third-order valence-corrected chi connectivity index (χ3v) is 3.68. The average molecular weight is 256 g/mol. The molecule has 0 saturated heterocycles. The van der Waals surface area contributed by atoms with Crippen molar-refractivity contribution in [3.63, 3.8) is 0 Å². The van der Waals surface area contributed by atoms with Gasteiger partial charge in [-0.3, -0.25) is 4.79 Å². The Bertz CT molecular complexity index is 261. The van der Waals surface area contributed by atoms with Crippen LogP contribution in [0.5, 0.6) is 0 Å². The van der Waals surface area contributed by atoms with Crippen molar-refractivity contribution < 1.29 is 9.90 Å². The fourth-order valence-corrected chi connectivity index (χ4v) is 2.56. The number of carbonyl (C=O) groups excluding carboxylic acids is 1. The minimum absolute atomic E-state index is 0.114. The van der Waals surface area contributed by atoms with Gasteiger partial charge in [0.15, 0.2) is 0 Å². The van der Waals surface area contributed by atoms with Crippen LogP contribution in [0.3, 0.4) is 0 Å². The molecule has 4 nitrogen and oxygen atoms in total. The van der Waals surface area contributed by atoms with Crippen LogP contribution in [0, 0.1) is 0 Å². The minimum Gasteiger partial charge on any atom is -0.389 e. The number of rotatable bonds is 7. The first kappa shape index (κ1) is 15.4. The highest BCUT2D eigenvalue weighted by Gasteiger charge is 2.34. The quantitative estimate of drug-likeness (QED) is 0.750. The fourth-order valence-electron chi connectivity index (χ4n) is 2.56. The van der Waals surface area contributed by atoms with Crippen molar-refractivity contribution in [1.82, 2.24) is 9.80 Å². The second-order valence-corrected chi connectivity index (χ2v) is 5.79. The lowest BCUT2D eigenvalue weighted by Crippen LogP contribution is -2.41. The zero-order valence-electron chi connectivity index (χ0n) is 12.1. The molecule has 0 radical (unpaired) electrons. The van der Waals surface area contributed by atoms with Crippen LogP contribution < -0.4 is 0 Å². The second-order valence-electron chi connectivity index (χ2n) is 5.79. The lowest BCUT2D eigenvalue weighted by Gasteiger charge is -2.28. The summed E-state index contributed by atoms with van der Waals surface area (Å²) in [6, 6.07) is 0. The summed E-state index contributed by atoms with van der Waals surface area (Å²) in [5.41, 5.74) is -0.721. The SMILES string of the molecule is CCCN(CCN(C)C)C(=O)CC1(O)CCCC1. The van der Waals surface area contributed by atoms with E-state index in [0.717, 1.165) is 51.7 Å². The highest BCUT2D eigenvalue weighted by molar-refractivity contribution is 5.77. The fraction of sp³-hybridized carbons (Fsp3) is 0.929. The van der Waals surface area contributed by atoms with Gasteiger partial charge in [-0.15, -0.1) is 0 Å². The molecule has 1 N–H and O–H groups in total. The molecule has 1 aliphatic rings. The maximum absolute atomic E-state index is 12.3. The van der Waals surface area contributed by atoms with E-state index in [1.165, 1.54) is 0 Å². The highest BCUT2D eigenvalue weighted by Crippen LogP contribution is 2.32. The van der Waals surface area contributed by atoms with Gasteiger partial charge in [0.2, 0.25) is 5.91 Å². The van der Waals surface area contributed by atoms with E-state index in [9.17, 15) is 9.90 Å². The van der Waals surface area contributed by atoms with E-state index in [2.05, 4.69) is 11.8 Å². The van der Waals surface area contributed by atoms with Gasteiger partial charge < -0.3 is 14.9 Å². The summed E-state index contributed by atoms with van der Waals surface area (Å²) in [7, 11) is 4.03. The van der Waals surface area contributed by atoms with E-state index in [-0.39, 0.29) is 5.91 Å². The monoisotopic (exact) mass is 256 g/mol. The topological polar surface area (TPSA) is 43.8 Å². The molecule has 1 amide bonds. The Labute approximate surface area is 111 Å². The molecule has 0 bridgehead atoms. The van der Waals surface area contributed by atoms with E-state index in [4.69, 9.17) is 0 Å². The number of hydrogen-bond donors (Lipinski definition) is 1. The number of aliphatic hydroxyl groups is 1. The molecule has 0 heterocycles. The number of likely N-dealkylation sites (N-methyl/N-ethyl adjacent to an activating group) is 1. The molecule has 0 unspecified atom stereocenters. The molecule has 0 aromatic carbocycles. The van der Waals surface area contributed by atoms with E-state index >= 15 is 0 Å². The second kappa shape index (κ2) is 7.10. The van der Waals surface area contributed by atoms with Crippen molar-refractivity contribution in [2.45, 2.75) is 51.0 Å². The lowest BCUT2D eigenvalue weighted by molar-refractivity contribution is -0.136. The Hall–Kier alpha value is -0.610. The Morgan fingerprint density at radius 1 is 1.17 bits per heavy atom. The lowest BCUT2D eigenvalue weighted by atomic mass is 9.97. The first-order chi connectivity index (χ1) is 8.47. The zero-order valence-corrected chi connectivity index (χ0v) is 12.1. The Kier molecular flexibility index (Phi) is 6.09. The molecular formula is C14H28N2O2. The van der Waals surface area contributed by atoms with Crippen LogP contribution in [0.1, 0.15) is 45.4 Å². The van der Waals surface area contributed by atoms with Crippen molar-refractivity contribution in [2.24, 2.45) is 0 Å². The highest BCUT2D eigenvalue weighted by atomic mass is 16.3. The number of hydrogen-bond acceptors (Lipinski definition) is 3. The molecule has 0 aromatic heterocycles. The number of carbonyl (C=O) groups is 1. The number of amides is 1. The molecule has 0 atom stereocenters. The van der Waals surface area contributed by atoms with E-state index in [0.29, 0.717) is 6.42 Å². The van der Waals surface area contributed by atoms with Crippen LogP contribution in [0.2, 0.25) is 0 Å². The maximum Gasteiger partial charge on any atom is 0.225 e. The van der Waals surface area contributed by atoms with Gasteiger partial charge in [-0.25, -0.2) is 0 Å². The van der Waals surface area contributed by atoms with Crippen molar-refractivity contribution in [2.75, 3.05) is 33.7 Å². The van der Waals surface area contributed by atoms with Crippen molar-refractivity contribution in [1.29, 1.82) is 0 Å². The molecule has 1 aliphatic carbocycles. The van der Waals surface area contributed by atoms with Gasteiger partial charge in [-0.1, -0.05) is 19.8 Å². The van der Waals surface area contributed by atoms with Crippen LogP contribution >= 0.6 is 0 Å². The molecule has 4 heteroatoms.